The number of nitrogen functional groups attached to an aromatic ring is 1. The Morgan fingerprint density at radius 3 is 2.57 bits per heavy atom. The molecular formula is C19H18Cl2N6O3. The number of pyridine rings is 1. The molecule has 30 heavy (non-hydrogen) atoms. The summed E-state index contributed by atoms with van der Waals surface area (Å²) in [7, 11) is 3.25. The van der Waals surface area contributed by atoms with Gasteiger partial charge in [0.1, 0.15) is 23.5 Å². The maximum atomic E-state index is 13.1. The van der Waals surface area contributed by atoms with Gasteiger partial charge in [-0.2, -0.15) is 0 Å². The number of carbonyl (C=O) groups excluding carboxylic acids is 1. The zero-order valence-electron chi connectivity index (χ0n) is 16.1. The molecule has 3 rings (SSSR count). The molecule has 4 N–H and O–H groups in total. The summed E-state index contributed by atoms with van der Waals surface area (Å²) < 4.78 is 6.17. The van der Waals surface area contributed by atoms with E-state index >= 15 is 0 Å². The van der Waals surface area contributed by atoms with Crippen LogP contribution >= 0.6 is 23.2 Å². The fourth-order valence-electron chi connectivity index (χ4n) is 2.78. The van der Waals surface area contributed by atoms with Crippen LogP contribution in [-0.2, 0) is 6.54 Å². The number of anilines is 2. The number of benzene rings is 1. The van der Waals surface area contributed by atoms with Gasteiger partial charge in [-0.3, -0.25) is 19.1 Å². The molecule has 0 spiro atoms. The number of amides is 1. The van der Waals surface area contributed by atoms with Gasteiger partial charge in [0.25, 0.3) is 11.5 Å². The highest BCUT2D eigenvalue weighted by molar-refractivity contribution is 6.38. The monoisotopic (exact) mass is 448 g/mol. The Hall–Kier alpha value is -3.14. The Balaban J connectivity index is 2.03. The van der Waals surface area contributed by atoms with Gasteiger partial charge in [0.05, 0.1) is 34.7 Å². The van der Waals surface area contributed by atoms with Gasteiger partial charge >= 0.3 is 0 Å². The van der Waals surface area contributed by atoms with Crippen LogP contribution in [0.4, 0.5) is 11.5 Å². The Morgan fingerprint density at radius 1 is 1.23 bits per heavy atom. The van der Waals surface area contributed by atoms with Crippen LogP contribution in [0.3, 0.4) is 0 Å². The van der Waals surface area contributed by atoms with Gasteiger partial charge in [0.15, 0.2) is 0 Å². The number of nitrogens with zero attached hydrogens (tertiary/aromatic N) is 3. The average molecular weight is 449 g/mol. The van der Waals surface area contributed by atoms with E-state index < -0.39 is 11.5 Å². The molecule has 0 fully saturated rings. The zero-order valence-corrected chi connectivity index (χ0v) is 17.6. The van der Waals surface area contributed by atoms with Crippen molar-refractivity contribution in [2.75, 3.05) is 25.2 Å². The Labute approximate surface area is 181 Å². The van der Waals surface area contributed by atoms with Crippen molar-refractivity contribution < 1.29 is 9.53 Å². The summed E-state index contributed by atoms with van der Waals surface area (Å²) in [6.07, 6.45) is 4.27. The number of ether oxygens (including phenoxy) is 1. The Morgan fingerprint density at radius 2 is 1.93 bits per heavy atom. The lowest BCUT2D eigenvalue weighted by atomic mass is 10.2. The highest BCUT2D eigenvalue weighted by Crippen LogP contribution is 2.32. The first-order valence-corrected chi connectivity index (χ1v) is 9.41. The van der Waals surface area contributed by atoms with Gasteiger partial charge in [-0.15, -0.1) is 0 Å². The second-order valence-corrected chi connectivity index (χ2v) is 7.00. The molecular weight excluding hydrogens is 431 g/mol. The van der Waals surface area contributed by atoms with Crippen molar-refractivity contribution in [2.45, 2.75) is 6.54 Å². The standard InChI is InChI=1S/C19H18Cl2N6O3/c1-23-6-10-3-11(8-24-7-10)26-18(28)15-17(22)25-9-27(19(15)29)16-13(20)4-12(30-2)5-14(16)21/h3-5,7-9,23H,6,22H2,1-2H3,(H,26,28). The lowest BCUT2D eigenvalue weighted by molar-refractivity contribution is 0.102. The highest BCUT2D eigenvalue weighted by atomic mass is 35.5. The minimum atomic E-state index is -0.733. The van der Waals surface area contributed by atoms with E-state index in [1.54, 1.807) is 19.3 Å². The summed E-state index contributed by atoms with van der Waals surface area (Å²) in [4.78, 5) is 33.9. The van der Waals surface area contributed by atoms with E-state index in [9.17, 15) is 9.59 Å². The number of halogens is 2. The maximum Gasteiger partial charge on any atom is 0.273 e. The zero-order chi connectivity index (χ0) is 21.8. The van der Waals surface area contributed by atoms with Crippen LogP contribution in [0, 0.1) is 0 Å². The molecule has 0 radical (unpaired) electrons. The molecule has 0 saturated heterocycles. The highest BCUT2D eigenvalue weighted by Gasteiger charge is 2.21. The molecule has 1 amide bonds. The van der Waals surface area contributed by atoms with Gasteiger partial charge < -0.3 is 21.1 Å². The van der Waals surface area contributed by atoms with Crippen LogP contribution in [-0.4, -0.2) is 34.6 Å². The van der Waals surface area contributed by atoms with Crippen molar-refractivity contribution in [1.29, 1.82) is 0 Å². The third-order valence-electron chi connectivity index (χ3n) is 4.13. The molecule has 0 aliphatic carbocycles. The van der Waals surface area contributed by atoms with Crippen LogP contribution in [0.5, 0.6) is 5.75 Å². The Kier molecular flexibility index (Phi) is 6.56. The third-order valence-corrected chi connectivity index (χ3v) is 4.71. The topological polar surface area (TPSA) is 124 Å². The SMILES string of the molecule is CNCc1cncc(NC(=O)c2c(N)ncn(-c3c(Cl)cc(OC)cc3Cl)c2=O)c1. The van der Waals surface area contributed by atoms with Gasteiger partial charge in [0.2, 0.25) is 0 Å². The Bertz CT molecular complexity index is 1140. The summed E-state index contributed by atoms with van der Waals surface area (Å²) in [5, 5.41) is 5.89. The molecule has 0 aliphatic rings. The number of rotatable bonds is 6. The third kappa shape index (κ3) is 4.38. The molecule has 0 saturated carbocycles. The number of hydrogen-bond acceptors (Lipinski definition) is 7. The lowest BCUT2D eigenvalue weighted by Crippen LogP contribution is -2.31. The van der Waals surface area contributed by atoms with Crippen molar-refractivity contribution in [3.8, 4) is 11.4 Å². The molecule has 0 atom stereocenters. The van der Waals surface area contributed by atoms with Crippen LogP contribution < -0.4 is 26.7 Å². The van der Waals surface area contributed by atoms with E-state index in [1.807, 2.05) is 0 Å². The molecule has 2 heterocycles. The van der Waals surface area contributed by atoms with E-state index in [4.69, 9.17) is 33.7 Å². The van der Waals surface area contributed by atoms with Crippen LogP contribution in [0.15, 0.2) is 41.7 Å². The second-order valence-electron chi connectivity index (χ2n) is 6.19. The first-order chi connectivity index (χ1) is 14.3. The number of nitrogens with two attached hydrogens (primary N) is 1. The van der Waals surface area contributed by atoms with Gasteiger partial charge in [-0.05, 0) is 18.7 Å². The van der Waals surface area contributed by atoms with E-state index in [2.05, 4.69) is 20.6 Å². The minimum Gasteiger partial charge on any atom is -0.497 e. The molecule has 0 aliphatic heterocycles. The fraction of sp³-hybridized carbons (Fsp3) is 0.158. The first-order valence-electron chi connectivity index (χ1n) is 8.66. The molecule has 156 valence electrons. The molecule has 9 nitrogen and oxygen atoms in total. The first kappa shape index (κ1) is 21.6. The second kappa shape index (κ2) is 9.12. The van der Waals surface area contributed by atoms with Crippen molar-refractivity contribution in [3.63, 3.8) is 0 Å². The minimum absolute atomic E-state index is 0.142. The molecule has 0 unspecified atom stereocenters. The quantitative estimate of drug-likeness (QED) is 0.528. The predicted molar refractivity (Wildman–Crippen MR) is 116 cm³/mol. The number of nitrogens with one attached hydrogen (secondary N) is 2. The van der Waals surface area contributed by atoms with Gasteiger partial charge in [0, 0.05) is 24.9 Å². The molecule has 0 bridgehead atoms. The summed E-state index contributed by atoms with van der Waals surface area (Å²) in [5.74, 6) is -0.547. The summed E-state index contributed by atoms with van der Waals surface area (Å²) in [6, 6.07) is 4.71. The van der Waals surface area contributed by atoms with Gasteiger partial charge in [-0.25, -0.2) is 4.98 Å². The van der Waals surface area contributed by atoms with Crippen molar-refractivity contribution in [2.24, 2.45) is 0 Å². The fourth-order valence-corrected chi connectivity index (χ4v) is 3.43. The van der Waals surface area contributed by atoms with Crippen molar-refractivity contribution in [1.82, 2.24) is 19.9 Å². The predicted octanol–water partition coefficient (Wildman–Crippen LogP) is 2.50. The number of carbonyl (C=O) groups is 1. The van der Waals surface area contributed by atoms with Gasteiger partial charge in [-0.1, -0.05) is 23.2 Å². The summed E-state index contributed by atoms with van der Waals surface area (Å²) in [6.45, 7) is 0.563. The van der Waals surface area contributed by atoms with Crippen LogP contribution in [0.25, 0.3) is 5.69 Å². The molecule has 3 aromatic rings. The number of hydrogen-bond donors (Lipinski definition) is 3. The maximum absolute atomic E-state index is 13.1. The summed E-state index contributed by atoms with van der Waals surface area (Å²) in [5.41, 5.74) is 6.16. The number of aromatic nitrogens is 3. The summed E-state index contributed by atoms with van der Waals surface area (Å²) >= 11 is 12.5. The normalized spacial score (nSPS) is 10.7. The van der Waals surface area contributed by atoms with E-state index in [1.165, 1.54) is 25.4 Å². The van der Waals surface area contributed by atoms with Crippen LogP contribution in [0.2, 0.25) is 10.0 Å². The molecule has 2 aromatic heterocycles. The molecule has 1 aromatic carbocycles. The number of methoxy groups -OCH3 is 1. The van der Waals surface area contributed by atoms with Crippen LogP contribution in [0.1, 0.15) is 15.9 Å². The largest absolute Gasteiger partial charge is 0.497 e. The van der Waals surface area contributed by atoms with Crippen molar-refractivity contribution in [3.05, 3.63) is 68.4 Å². The lowest BCUT2D eigenvalue weighted by Gasteiger charge is -2.14. The smallest absolute Gasteiger partial charge is 0.273 e. The molecule has 11 heteroatoms. The average Bonchev–Trinajstić information content (AvgIpc) is 2.69. The van der Waals surface area contributed by atoms with E-state index in [-0.39, 0.29) is 27.1 Å². The van der Waals surface area contributed by atoms with E-state index in [0.29, 0.717) is 18.0 Å². The van der Waals surface area contributed by atoms with Crippen molar-refractivity contribution >= 4 is 40.6 Å². The van der Waals surface area contributed by atoms with E-state index in [0.717, 1.165) is 16.5 Å².